The summed E-state index contributed by atoms with van der Waals surface area (Å²) in [6.45, 7) is 13.3. The molecule has 7 nitrogen and oxygen atoms in total. The van der Waals surface area contributed by atoms with E-state index < -0.39 is 36.7 Å². The van der Waals surface area contributed by atoms with Gasteiger partial charge in [0.25, 0.3) is 0 Å². The second-order valence-electron chi connectivity index (χ2n) is 10.7. The number of phenols is 1. The predicted octanol–water partition coefficient (Wildman–Crippen LogP) is 4.84. The van der Waals surface area contributed by atoms with Crippen LogP contribution >= 0.6 is 0 Å². The molecule has 1 aliphatic carbocycles. The van der Waals surface area contributed by atoms with Crippen LogP contribution in [0.1, 0.15) is 95.8 Å². The minimum Gasteiger partial charge on any atom is -0.504 e. The molecule has 1 fully saturated rings. The summed E-state index contributed by atoms with van der Waals surface area (Å²) in [6, 6.07) is 2.10. The van der Waals surface area contributed by atoms with E-state index in [2.05, 4.69) is 39.8 Å². The Morgan fingerprint density at radius 3 is 2.51 bits per heavy atom. The number of carbonyl (C=O) groups excluding carboxylic acids is 1. The molecule has 0 amide bonds. The lowest BCUT2D eigenvalue weighted by Gasteiger charge is -2.41. The summed E-state index contributed by atoms with van der Waals surface area (Å²) in [4.78, 5) is 11.6. The SMILES string of the molecule is CC(=O)O[C@@H]1[C@@H](Oc2c(C)cc3c(c2O)[C@@H](C)CC[C@@H]3[C@@H](C)CCC=C(C)C)O[C@@H](C)[C@H](O)[C@H]1O. The van der Waals surface area contributed by atoms with Crippen molar-refractivity contribution >= 4 is 5.97 Å². The number of aromatic hydroxyl groups is 1. The number of allylic oxidation sites excluding steroid dienone is 2. The zero-order chi connectivity index (χ0) is 26.0. The minimum absolute atomic E-state index is 0.0761. The third kappa shape index (κ3) is 6.01. The van der Waals surface area contributed by atoms with Crippen molar-refractivity contribution in [3.05, 3.63) is 34.4 Å². The molecule has 35 heavy (non-hydrogen) atoms. The molecule has 0 unspecified atom stereocenters. The Balaban J connectivity index is 1.93. The highest BCUT2D eigenvalue weighted by molar-refractivity contribution is 5.66. The molecule has 0 aromatic heterocycles. The van der Waals surface area contributed by atoms with Gasteiger partial charge in [0.1, 0.15) is 12.2 Å². The Morgan fingerprint density at radius 1 is 1.20 bits per heavy atom. The van der Waals surface area contributed by atoms with Gasteiger partial charge in [0.15, 0.2) is 17.6 Å². The van der Waals surface area contributed by atoms with Crippen molar-refractivity contribution in [2.45, 2.75) is 117 Å². The number of esters is 1. The first kappa shape index (κ1) is 27.5. The van der Waals surface area contributed by atoms with Gasteiger partial charge in [-0.1, -0.05) is 31.6 Å². The lowest BCUT2D eigenvalue weighted by molar-refractivity contribution is -0.273. The van der Waals surface area contributed by atoms with E-state index in [-0.39, 0.29) is 17.4 Å². The number of ether oxygens (including phenoxy) is 3. The molecular formula is C28H42O7. The van der Waals surface area contributed by atoms with Crippen LogP contribution in [0.2, 0.25) is 0 Å². The van der Waals surface area contributed by atoms with Gasteiger partial charge in [0, 0.05) is 12.5 Å². The maximum Gasteiger partial charge on any atom is 0.303 e. The number of fused-ring (bicyclic) bond motifs is 1. The molecule has 0 radical (unpaired) electrons. The fourth-order valence-electron chi connectivity index (χ4n) is 5.48. The standard InChI is InChI=1S/C28H42O7/c1-14(2)9-8-10-15(3)20-12-11-16(4)22-21(20)13-17(5)26(24(22)31)35-28-27(34-19(7)29)25(32)23(30)18(6)33-28/h9,13,15-16,18,20,23,25,27-28,30-32H,8,10-12H2,1-7H3/t15-,16-,18-,20+,23-,25+,27-,28+/m0/s1. The van der Waals surface area contributed by atoms with E-state index in [1.54, 1.807) is 6.92 Å². The quantitative estimate of drug-likeness (QED) is 0.371. The van der Waals surface area contributed by atoms with Gasteiger partial charge in [-0.25, -0.2) is 0 Å². The smallest absolute Gasteiger partial charge is 0.303 e. The highest BCUT2D eigenvalue weighted by atomic mass is 16.7. The maximum atomic E-state index is 11.6. The molecule has 0 saturated carbocycles. The van der Waals surface area contributed by atoms with Crippen LogP contribution in [0, 0.1) is 12.8 Å². The second-order valence-corrected chi connectivity index (χ2v) is 10.7. The molecule has 0 bridgehead atoms. The largest absolute Gasteiger partial charge is 0.504 e. The van der Waals surface area contributed by atoms with Gasteiger partial charge in [-0.3, -0.25) is 4.79 Å². The van der Waals surface area contributed by atoms with Crippen LogP contribution in [0.15, 0.2) is 17.7 Å². The molecule has 1 aromatic carbocycles. The van der Waals surface area contributed by atoms with Crippen LogP contribution in [-0.4, -0.2) is 52.0 Å². The van der Waals surface area contributed by atoms with Gasteiger partial charge in [0.2, 0.25) is 6.29 Å². The maximum absolute atomic E-state index is 11.6. The number of hydrogen-bond donors (Lipinski definition) is 3. The fourth-order valence-corrected chi connectivity index (χ4v) is 5.48. The monoisotopic (exact) mass is 490 g/mol. The van der Waals surface area contributed by atoms with Crippen LogP contribution in [0.25, 0.3) is 0 Å². The van der Waals surface area contributed by atoms with E-state index in [1.807, 2.05) is 6.92 Å². The summed E-state index contributed by atoms with van der Waals surface area (Å²) in [5.74, 6) is 0.686. The molecule has 1 aliphatic heterocycles. The van der Waals surface area contributed by atoms with Crippen molar-refractivity contribution in [2.24, 2.45) is 5.92 Å². The van der Waals surface area contributed by atoms with Gasteiger partial charge < -0.3 is 29.5 Å². The van der Waals surface area contributed by atoms with Crippen molar-refractivity contribution in [3.8, 4) is 11.5 Å². The van der Waals surface area contributed by atoms with E-state index in [1.165, 1.54) is 18.1 Å². The Bertz CT molecular complexity index is 936. The third-order valence-electron chi connectivity index (χ3n) is 7.50. The molecule has 2 aliphatic rings. The first-order valence-electron chi connectivity index (χ1n) is 12.8. The Kier molecular flexibility index (Phi) is 8.89. The van der Waals surface area contributed by atoms with E-state index in [4.69, 9.17) is 14.2 Å². The number of aliphatic hydroxyl groups excluding tert-OH is 2. The number of aryl methyl sites for hydroxylation is 1. The van der Waals surface area contributed by atoms with Gasteiger partial charge in [-0.15, -0.1) is 0 Å². The third-order valence-corrected chi connectivity index (χ3v) is 7.50. The summed E-state index contributed by atoms with van der Waals surface area (Å²) < 4.78 is 17.1. The molecule has 3 rings (SSSR count). The lowest BCUT2D eigenvalue weighted by Crippen LogP contribution is -2.59. The molecule has 1 aromatic rings. The normalized spacial score (nSPS) is 31.3. The van der Waals surface area contributed by atoms with Crippen LogP contribution in [0.5, 0.6) is 11.5 Å². The van der Waals surface area contributed by atoms with Crippen molar-refractivity contribution in [2.75, 3.05) is 0 Å². The molecule has 1 heterocycles. The van der Waals surface area contributed by atoms with Gasteiger partial charge in [-0.05, 0) is 82.3 Å². The average molecular weight is 491 g/mol. The summed E-state index contributed by atoms with van der Waals surface area (Å²) >= 11 is 0. The van der Waals surface area contributed by atoms with E-state index in [0.29, 0.717) is 11.8 Å². The van der Waals surface area contributed by atoms with E-state index in [9.17, 15) is 20.1 Å². The number of phenolic OH excluding ortho intramolecular Hbond substituents is 1. The number of rotatable bonds is 7. The van der Waals surface area contributed by atoms with Crippen molar-refractivity contribution in [3.63, 3.8) is 0 Å². The van der Waals surface area contributed by atoms with Crippen LogP contribution in [0.4, 0.5) is 0 Å². The molecule has 196 valence electrons. The van der Waals surface area contributed by atoms with Crippen LogP contribution in [0.3, 0.4) is 0 Å². The number of hydrogen-bond acceptors (Lipinski definition) is 7. The Labute approximate surface area is 209 Å². The highest BCUT2D eigenvalue weighted by Gasteiger charge is 2.47. The first-order valence-corrected chi connectivity index (χ1v) is 12.8. The summed E-state index contributed by atoms with van der Waals surface area (Å²) in [7, 11) is 0. The van der Waals surface area contributed by atoms with Gasteiger partial charge >= 0.3 is 5.97 Å². The number of aliphatic hydroxyl groups is 2. The van der Waals surface area contributed by atoms with Crippen molar-refractivity contribution < 1.29 is 34.3 Å². The molecule has 1 saturated heterocycles. The summed E-state index contributed by atoms with van der Waals surface area (Å²) in [6.07, 6.45) is 0.694. The van der Waals surface area contributed by atoms with E-state index >= 15 is 0 Å². The van der Waals surface area contributed by atoms with E-state index in [0.717, 1.165) is 36.8 Å². The zero-order valence-corrected chi connectivity index (χ0v) is 22.1. The lowest BCUT2D eigenvalue weighted by atomic mass is 9.70. The van der Waals surface area contributed by atoms with Crippen LogP contribution in [-0.2, 0) is 14.3 Å². The van der Waals surface area contributed by atoms with Gasteiger partial charge in [0.05, 0.1) is 6.10 Å². The Hall–Kier alpha value is -2.09. The molecular weight excluding hydrogens is 448 g/mol. The minimum atomic E-state index is -1.38. The molecule has 8 atom stereocenters. The topological polar surface area (TPSA) is 105 Å². The van der Waals surface area contributed by atoms with Gasteiger partial charge in [-0.2, -0.15) is 0 Å². The average Bonchev–Trinajstić information content (AvgIpc) is 2.76. The van der Waals surface area contributed by atoms with Crippen molar-refractivity contribution in [1.82, 2.24) is 0 Å². The first-order chi connectivity index (χ1) is 16.4. The summed E-state index contributed by atoms with van der Waals surface area (Å²) in [5.41, 5.74) is 4.13. The van der Waals surface area contributed by atoms with Crippen molar-refractivity contribution in [1.29, 1.82) is 0 Å². The highest BCUT2D eigenvalue weighted by Crippen LogP contribution is 2.51. The summed E-state index contributed by atoms with van der Waals surface area (Å²) in [5, 5.41) is 32.1. The number of benzene rings is 1. The predicted molar refractivity (Wildman–Crippen MR) is 134 cm³/mol. The second kappa shape index (κ2) is 11.3. The molecule has 7 heteroatoms. The molecule has 0 spiro atoms. The van der Waals surface area contributed by atoms with Crippen LogP contribution < -0.4 is 4.74 Å². The molecule has 3 N–H and O–H groups in total. The zero-order valence-electron chi connectivity index (χ0n) is 22.1. The fraction of sp³-hybridized carbons (Fsp3) is 0.679. The number of carbonyl (C=O) groups is 1. The Morgan fingerprint density at radius 2 is 1.89 bits per heavy atom.